The van der Waals surface area contributed by atoms with Gasteiger partial charge < -0.3 is 10.2 Å². The van der Waals surface area contributed by atoms with Gasteiger partial charge in [-0.1, -0.05) is 61.2 Å². The Bertz CT molecular complexity index is 952. The number of hydrogen-bond donors (Lipinski definition) is 1. The zero-order chi connectivity index (χ0) is 23.8. The molecule has 1 atom stereocenters. The predicted octanol–water partition coefficient (Wildman–Crippen LogP) is 6.23. The fraction of sp³-hybridized carbons (Fsp3) is 0.440. The Hall–Kier alpha value is -1.76. The normalized spacial score (nSPS) is 14.8. The van der Waals surface area contributed by atoms with Crippen molar-refractivity contribution in [3.63, 3.8) is 0 Å². The maximum atomic E-state index is 13.3. The smallest absolute Gasteiger partial charge is 0.243 e. The van der Waals surface area contributed by atoms with E-state index in [0.717, 1.165) is 36.8 Å². The maximum absolute atomic E-state index is 13.3. The van der Waals surface area contributed by atoms with Crippen molar-refractivity contribution in [1.82, 2.24) is 10.2 Å². The fourth-order valence-corrected chi connectivity index (χ4v) is 5.38. The molecular weight excluding hydrogens is 482 g/mol. The largest absolute Gasteiger partial charge is 0.352 e. The van der Waals surface area contributed by atoms with Crippen molar-refractivity contribution >= 4 is 46.8 Å². The second-order valence-electron chi connectivity index (χ2n) is 8.29. The van der Waals surface area contributed by atoms with Gasteiger partial charge in [0, 0.05) is 28.4 Å². The van der Waals surface area contributed by atoms with Crippen molar-refractivity contribution in [2.75, 3.05) is 5.75 Å². The van der Waals surface area contributed by atoms with Gasteiger partial charge in [0.05, 0.1) is 5.75 Å². The molecule has 0 unspecified atom stereocenters. The number of rotatable bonds is 10. The van der Waals surface area contributed by atoms with Gasteiger partial charge in [0.1, 0.15) is 11.9 Å². The number of halogens is 3. The number of nitrogens with one attached hydrogen (secondary N) is 1. The van der Waals surface area contributed by atoms with E-state index in [-0.39, 0.29) is 36.0 Å². The van der Waals surface area contributed by atoms with E-state index in [9.17, 15) is 14.0 Å². The molecule has 0 aromatic heterocycles. The van der Waals surface area contributed by atoms with Crippen molar-refractivity contribution in [1.29, 1.82) is 0 Å². The lowest BCUT2D eigenvalue weighted by Crippen LogP contribution is -2.51. The highest BCUT2D eigenvalue weighted by atomic mass is 35.5. The molecule has 2 aromatic rings. The number of hydrogen-bond acceptors (Lipinski definition) is 3. The number of thioether (sulfide) groups is 1. The molecule has 1 saturated carbocycles. The van der Waals surface area contributed by atoms with Crippen LogP contribution in [-0.2, 0) is 21.9 Å². The van der Waals surface area contributed by atoms with E-state index in [1.807, 2.05) is 6.92 Å². The summed E-state index contributed by atoms with van der Waals surface area (Å²) in [6.07, 6.45) is 4.69. The van der Waals surface area contributed by atoms with Crippen LogP contribution < -0.4 is 5.32 Å². The summed E-state index contributed by atoms with van der Waals surface area (Å²) in [6.45, 7) is 2.14. The van der Waals surface area contributed by atoms with Crippen LogP contribution in [0.4, 0.5) is 4.39 Å². The lowest BCUT2D eigenvalue weighted by Gasteiger charge is -2.31. The Morgan fingerprint density at radius 1 is 1.15 bits per heavy atom. The Labute approximate surface area is 209 Å². The first-order chi connectivity index (χ1) is 15.9. The molecule has 4 nitrogen and oxygen atoms in total. The number of nitrogens with zero attached hydrogens (tertiary/aromatic N) is 1. The van der Waals surface area contributed by atoms with E-state index in [1.54, 1.807) is 35.2 Å². The monoisotopic (exact) mass is 510 g/mol. The molecule has 3 rings (SSSR count). The number of amides is 2. The highest BCUT2D eigenvalue weighted by Crippen LogP contribution is 2.25. The van der Waals surface area contributed by atoms with Crippen molar-refractivity contribution in [2.45, 2.75) is 63.4 Å². The first kappa shape index (κ1) is 25.9. The minimum absolute atomic E-state index is 0.119. The molecule has 0 saturated heterocycles. The SMILES string of the molecule is CC[C@@H](C(=O)NC1CCCC1)N(Cc1ccc(Cl)cc1Cl)C(=O)CSCc1ccc(F)cc1. The lowest BCUT2D eigenvalue weighted by molar-refractivity contribution is -0.139. The van der Waals surface area contributed by atoms with Crippen molar-refractivity contribution in [2.24, 2.45) is 0 Å². The fourth-order valence-electron chi connectivity index (χ4n) is 4.04. The summed E-state index contributed by atoms with van der Waals surface area (Å²) < 4.78 is 13.1. The van der Waals surface area contributed by atoms with Crippen molar-refractivity contribution in [3.05, 3.63) is 69.5 Å². The molecule has 1 N–H and O–H groups in total. The highest BCUT2D eigenvalue weighted by molar-refractivity contribution is 7.99. The van der Waals surface area contributed by atoms with Crippen molar-refractivity contribution in [3.8, 4) is 0 Å². The highest BCUT2D eigenvalue weighted by Gasteiger charge is 2.30. The van der Waals surface area contributed by atoms with Crippen LogP contribution in [0.1, 0.15) is 50.2 Å². The zero-order valence-electron chi connectivity index (χ0n) is 18.7. The van der Waals surface area contributed by atoms with Crippen molar-refractivity contribution < 1.29 is 14.0 Å². The van der Waals surface area contributed by atoms with E-state index < -0.39 is 6.04 Å². The Kier molecular flexibility index (Phi) is 9.90. The van der Waals surface area contributed by atoms with E-state index in [2.05, 4.69) is 5.32 Å². The first-order valence-corrected chi connectivity index (χ1v) is 13.1. The topological polar surface area (TPSA) is 49.4 Å². The molecule has 0 heterocycles. The third-order valence-corrected chi connectivity index (χ3v) is 7.43. The number of carbonyl (C=O) groups is 2. The van der Waals surface area contributed by atoms with Crippen LogP contribution in [-0.4, -0.2) is 34.6 Å². The summed E-state index contributed by atoms with van der Waals surface area (Å²) >= 11 is 13.9. The van der Waals surface area contributed by atoms with Crippen LogP contribution in [0.5, 0.6) is 0 Å². The third-order valence-electron chi connectivity index (χ3n) is 5.85. The summed E-state index contributed by atoms with van der Waals surface area (Å²) in [6, 6.07) is 11.0. The first-order valence-electron chi connectivity index (χ1n) is 11.2. The van der Waals surface area contributed by atoms with E-state index in [4.69, 9.17) is 23.2 Å². The van der Waals surface area contributed by atoms with Crippen LogP contribution in [0.25, 0.3) is 0 Å². The average Bonchev–Trinajstić information content (AvgIpc) is 3.29. The molecule has 0 aliphatic heterocycles. The summed E-state index contributed by atoms with van der Waals surface area (Å²) in [4.78, 5) is 28.1. The molecule has 33 heavy (non-hydrogen) atoms. The maximum Gasteiger partial charge on any atom is 0.243 e. The molecule has 1 fully saturated rings. The third kappa shape index (κ3) is 7.62. The number of benzene rings is 2. The van der Waals surface area contributed by atoms with Crippen LogP contribution in [0, 0.1) is 5.82 Å². The second kappa shape index (κ2) is 12.6. The second-order valence-corrected chi connectivity index (χ2v) is 10.1. The molecule has 2 aromatic carbocycles. The van der Waals surface area contributed by atoms with Gasteiger partial charge in [-0.2, -0.15) is 0 Å². The Morgan fingerprint density at radius 2 is 1.85 bits per heavy atom. The predicted molar refractivity (Wildman–Crippen MR) is 134 cm³/mol. The summed E-state index contributed by atoms with van der Waals surface area (Å²) in [5.74, 6) is 0.236. The molecular formula is C25H29Cl2FN2O2S. The molecule has 0 radical (unpaired) electrons. The summed E-state index contributed by atoms with van der Waals surface area (Å²) in [5, 5.41) is 4.11. The average molecular weight is 511 g/mol. The summed E-state index contributed by atoms with van der Waals surface area (Å²) in [5.41, 5.74) is 1.68. The molecule has 0 bridgehead atoms. The standard InChI is InChI=1S/C25H29Cl2FN2O2S/c1-2-23(25(32)29-21-5-3-4-6-21)30(14-18-9-10-19(26)13-22(18)27)24(31)16-33-15-17-7-11-20(28)12-8-17/h7-13,21,23H,2-6,14-16H2,1H3,(H,29,32)/t23-/m0/s1. The molecule has 1 aliphatic carbocycles. The van der Waals surface area contributed by atoms with E-state index >= 15 is 0 Å². The molecule has 178 valence electrons. The van der Waals surface area contributed by atoms with Gasteiger partial charge in [-0.05, 0) is 54.7 Å². The lowest BCUT2D eigenvalue weighted by atomic mass is 10.1. The minimum atomic E-state index is -0.587. The van der Waals surface area contributed by atoms with Crippen LogP contribution >= 0.6 is 35.0 Å². The van der Waals surface area contributed by atoms with Crippen LogP contribution in [0.15, 0.2) is 42.5 Å². The van der Waals surface area contributed by atoms with Gasteiger partial charge >= 0.3 is 0 Å². The van der Waals surface area contributed by atoms with E-state index in [1.165, 1.54) is 23.9 Å². The Morgan fingerprint density at radius 3 is 2.48 bits per heavy atom. The van der Waals surface area contributed by atoms with Gasteiger partial charge in [0.2, 0.25) is 11.8 Å². The van der Waals surface area contributed by atoms with Crippen LogP contribution in [0.3, 0.4) is 0 Å². The molecule has 2 amide bonds. The van der Waals surface area contributed by atoms with Gasteiger partial charge in [0.15, 0.2) is 0 Å². The molecule has 8 heteroatoms. The Balaban J connectivity index is 1.72. The van der Waals surface area contributed by atoms with Gasteiger partial charge in [0.25, 0.3) is 0 Å². The van der Waals surface area contributed by atoms with Gasteiger partial charge in [-0.25, -0.2) is 4.39 Å². The molecule has 1 aliphatic rings. The van der Waals surface area contributed by atoms with E-state index in [0.29, 0.717) is 22.2 Å². The minimum Gasteiger partial charge on any atom is -0.352 e. The van der Waals surface area contributed by atoms with Gasteiger partial charge in [-0.15, -0.1) is 11.8 Å². The zero-order valence-corrected chi connectivity index (χ0v) is 21.0. The van der Waals surface area contributed by atoms with Gasteiger partial charge in [-0.3, -0.25) is 9.59 Å². The number of carbonyl (C=O) groups excluding carboxylic acids is 2. The summed E-state index contributed by atoms with van der Waals surface area (Å²) in [7, 11) is 0. The molecule has 0 spiro atoms. The van der Waals surface area contributed by atoms with Crippen LogP contribution in [0.2, 0.25) is 10.0 Å². The quantitative estimate of drug-likeness (QED) is 0.411.